The summed E-state index contributed by atoms with van der Waals surface area (Å²) >= 11 is 1.61. The lowest BCUT2D eigenvalue weighted by molar-refractivity contribution is -0.000720. The summed E-state index contributed by atoms with van der Waals surface area (Å²) in [5, 5.41) is 2.00. The quantitative estimate of drug-likeness (QED) is 0.928. The monoisotopic (exact) mass is 302 g/mol. The number of nitrogens with two attached hydrogens (primary N) is 1. The Morgan fingerprint density at radius 3 is 2.90 bits per heavy atom. The van der Waals surface area contributed by atoms with Crippen molar-refractivity contribution in [2.75, 3.05) is 13.1 Å². The number of furan rings is 1. The highest BCUT2D eigenvalue weighted by Crippen LogP contribution is 2.45. The molecule has 5 heteroatoms. The van der Waals surface area contributed by atoms with Crippen molar-refractivity contribution in [1.29, 1.82) is 0 Å². The largest absolute Gasteiger partial charge is 0.450 e. The van der Waals surface area contributed by atoms with Crippen molar-refractivity contribution in [2.45, 2.75) is 25.3 Å². The van der Waals surface area contributed by atoms with Crippen molar-refractivity contribution in [3.8, 4) is 10.6 Å². The van der Waals surface area contributed by atoms with Crippen molar-refractivity contribution < 1.29 is 9.21 Å². The zero-order valence-corrected chi connectivity index (χ0v) is 12.6. The maximum atomic E-state index is 12.5. The van der Waals surface area contributed by atoms with Gasteiger partial charge in [0.25, 0.3) is 5.91 Å². The number of hydrogen-bond donors (Lipinski definition) is 1. The van der Waals surface area contributed by atoms with Crippen LogP contribution in [-0.2, 0) is 0 Å². The molecule has 2 N–H and O–H groups in total. The van der Waals surface area contributed by atoms with Crippen LogP contribution in [0.25, 0.3) is 10.6 Å². The summed E-state index contributed by atoms with van der Waals surface area (Å²) in [5.74, 6) is 1.18. The zero-order chi connectivity index (χ0) is 14.4. The van der Waals surface area contributed by atoms with Gasteiger partial charge in [-0.25, -0.2) is 0 Å². The number of carbonyl (C=O) groups excluding carboxylic acids is 1. The molecule has 2 aliphatic rings. The first kappa shape index (κ1) is 13.1. The minimum absolute atomic E-state index is 0.0115. The molecule has 110 valence electrons. The minimum atomic E-state index is -0.0115. The van der Waals surface area contributed by atoms with E-state index in [1.807, 2.05) is 28.5 Å². The third kappa shape index (κ3) is 2.03. The Morgan fingerprint density at radius 1 is 1.38 bits per heavy atom. The number of rotatable bonds is 2. The molecule has 1 amide bonds. The van der Waals surface area contributed by atoms with Crippen LogP contribution in [0.3, 0.4) is 0 Å². The molecule has 1 unspecified atom stereocenters. The Kier molecular flexibility index (Phi) is 2.94. The van der Waals surface area contributed by atoms with Crippen LogP contribution in [0.1, 0.15) is 29.8 Å². The fourth-order valence-corrected chi connectivity index (χ4v) is 4.26. The maximum absolute atomic E-state index is 12.5. The highest BCUT2D eigenvalue weighted by molar-refractivity contribution is 7.13. The van der Waals surface area contributed by atoms with Gasteiger partial charge in [-0.3, -0.25) is 4.79 Å². The van der Waals surface area contributed by atoms with Gasteiger partial charge in [-0.2, -0.15) is 0 Å². The molecule has 1 saturated heterocycles. The lowest BCUT2D eigenvalue weighted by Gasteiger charge is -2.50. The second-order valence-electron chi connectivity index (χ2n) is 6.16. The molecule has 2 aromatic heterocycles. The van der Waals surface area contributed by atoms with Gasteiger partial charge in [-0.05, 0) is 36.4 Å². The van der Waals surface area contributed by atoms with E-state index in [2.05, 4.69) is 0 Å². The van der Waals surface area contributed by atoms with Crippen molar-refractivity contribution in [1.82, 2.24) is 4.90 Å². The van der Waals surface area contributed by atoms with Gasteiger partial charge in [0.15, 0.2) is 5.76 Å². The number of amides is 1. The minimum Gasteiger partial charge on any atom is -0.450 e. The van der Waals surface area contributed by atoms with Gasteiger partial charge in [0.1, 0.15) is 5.76 Å². The van der Waals surface area contributed by atoms with E-state index in [1.165, 1.54) is 6.42 Å². The molecule has 1 atom stereocenters. The van der Waals surface area contributed by atoms with Gasteiger partial charge < -0.3 is 15.1 Å². The Morgan fingerprint density at radius 2 is 2.24 bits per heavy atom. The first-order valence-corrected chi connectivity index (χ1v) is 8.24. The Hall–Kier alpha value is -1.59. The van der Waals surface area contributed by atoms with Crippen molar-refractivity contribution in [3.05, 3.63) is 35.4 Å². The van der Waals surface area contributed by atoms with E-state index >= 15 is 0 Å². The molecule has 0 bridgehead atoms. The summed E-state index contributed by atoms with van der Waals surface area (Å²) in [5.41, 5.74) is 6.36. The number of hydrogen-bond acceptors (Lipinski definition) is 4. The van der Waals surface area contributed by atoms with Gasteiger partial charge in [-0.1, -0.05) is 12.5 Å². The third-order valence-electron chi connectivity index (χ3n) is 4.86. The molecule has 1 aliphatic carbocycles. The lowest BCUT2D eigenvalue weighted by Crippen LogP contribution is -2.63. The highest BCUT2D eigenvalue weighted by Gasteiger charge is 2.51. The summed E-state index contributed by atoms with van der Waals surface area (Å²) in [4.78, 5) is 15.4. The van der Waals surface area contributed by atoms with Gasteiger partial charge in [0.2, 0.25) is 0 Å². The van der Waals surface area contributed by atoms with Crippen molar-refractivity contribution in [2.24, 2.45) is 11.1 Å². The van der Waals surface area contributed by atoms with E-state index in [0.717, 1.165) is 36.6 Å². The standard InChI is InChI=1S/C16H18N2O2S/c17-14-4-1-7-16(14)9-18(10-16)15(19)12-6-5-11(20-12)13-3-2-8-21-13/h2-3,5-6,8,14H,1,4,7,9-10,17H2. The van der Waals surface area contributed by atoms with E-state index in [-0.39, 0.29) is 17.4 Å². The van der Waals surface area contributed by atoms with Crippen molar-refractivity contribution in [3.63, 3.8) is 0 Å². The number of likely N-dealkylation sites (tertiary alicyclic amines) is 1. The van der Waals surface area contributed by atoms with Crippen LogP contribution in [0, 0.1) is 5.41 Å². The summed E-state index contributed by atoms with van der Waals surface area (Å²) in [7, 11) is 0. The molecule has 0 aromatic carbocycles. The number of thiophene rings is 1. The van der Waals surface area contributed by atoms with Crippen LogP contribution in [0.2, 0.25) is 0 Å². The fourth-order valence-electron chi connectivity index (χ4n) is 3.58. The Bertz CT molecular complexity index is 656. The SMILES string of the molecule is NC1CCCC12CN(C(=O)c1ccc(-c3cccs3)o1)C2. The summed E-state index contributed by atoms with van der Waals surface area (Å²) in [6, 6.07) is 7.87. The van der Waals surface area contributed by atoms with E-state index < -0.39 is 0 Å². The molecular weight excluding hydrogens is 284 g/mol. The van der Waals surface area contributed by atoms with E-state index in [9.17, 15) is 4.79 Å². The van der Waals surface area contributed by atoms with Gasteiger partial charge >= 0.3 is 0 Å². The molecule has 2 fully saturated rings. The molecule has 2 aromatic rings. The molecule has 3 heterocycles. The molecule has 1 aliphatic heterocycles. The maximum Gasteiger partial charge on any atom is 0.289 e. The average Bonchev–Trinajstić information content (AvgIpc) is 3.16. The predicted molar refractivity (Wildman–Crippen MR) is 82.2 cm³/mol. The van der Waals surface area contributed by atoms with E-state index in [0.29, 0.717) is 5.76 Å². The first-order chi connectivity index (χ1) is 10.2. The number of nitrogens with zero attached hydrogens (tertiary/aromatic N) is 1. The second kappa shape index (κ2) is 4.71. The van der Waals surface area contributed by atoms with E-state index in [1.54, 1.807) is 17.4 Å². The molecule has 0 radical (unpaired) electrons. The first-order valence-electron chi connectivity index (χ1n) is 7.37. The van der Waals surface area contributed by atoms with Crippen LogP contribution in [0.4, 0.5) is 0 Å². The van der Waals surface area contributed by atoms with Crippen LogP contribution >= 0.6 is 11.3 Å². The molecule has 1 saturated carbocycles. The average molecular weight is 302 g/mol. The molecule has 21 heavy (non-hydrogen) atoms. The lowest BCUT2D eigenvalue weighted by atomic mass is 9.75. The van der Waals surface area contributed by atoms with E-state index in [4.69, 9.17) is 10.2 Å². The van der Waals surface area contributed by atoms with Crippen LogP contribution in [0.15, 0.2) is 34.1 Å². The van der Waals surface area contributed by atoms with Gasteiger partial charge in [-0.15, -0.1) is 11.3 Å². The molecule has 1 spiro atoms. The van der Waals surface area contributed by atoms with Gasteiger partial charge in [0.05, 0.1) is 4.88 Å². The zero-order valence-electron chi connectivity index (χ0n) is 11.7. The third-order valence-corrected chi connectivity index (χ3v) is 5.74. The predicted octanol–water partition coefficient (Wildman–Crippen LogP) is 2.96. The smallest absolute Gasteiger partial charge is 0.289 e. The molecular formula is C16H18N2O2S. The Labute approximate surface area is 127 Å². The van der Waals surface area contributed by atoms with Crippen LogP contribution < -0.4 is 5.73 Å². The normalized spacial score (nSPS) is 23.5. The second-order valence-corrected chi connectivity index (χ2v) is 7.11. The summed E-state index contributed by atoms with van der Waals surface area (Å²) < 4.78 is 5.71. The highest BCUT2D eigenvalue weighted by atomic mass is 32.1. The molecule has 4 rings (SSSR count). The molecule has 4 nitrogen and oxygen atoms in total. The summed E-state index contributed by atoms with van der Waals surface area (Å²) in [6.07, 6.45) is 3.42. The van der Waals surface area contributed by atoms with Gasteiger partial charge in [0, 0.05) is 24.5 Å². The van der Waals surface area contributed by atoms with Crippen molar-refractivity contribution >= 4 is 17.2 Å². The summed E-state index contributed by atoms with van der Waals surface area (Å²) in [6.45, 7) is 1.56. The van der Waals surface area contributed by atoms with Crippen LogP contribution in [0.5, 0.6) is 0 Å². The Balaban J connectivity index is 1.47. The number of carbonyl (C=O) groups is 1. The fraction of sp³-hybridized carbons (Fsp3) is 0.438. The van der Waals surface area contributed by atoms with Crippen LogP contribution in [-0.4, -0.2) is 29.9 Å². The topological polar surface area (TPSA) is 59.5 Å².